The largest absolute Gasteiger partial charge is 0.478 e. The van der Waals surface area contributed by atoms with E-state index in [0.717, 1.165) is 16.5 Å². The number of aromatic nitrogens is 3. The highest BCUT2D eigenvalue weighted by atomic mass is 16.4. The number of pyridine rings is 1. The summed E-state index contributed by atoms with van der Waals surface area (Å²) in [6, 6.07) is 7.72. The Balaban J connectivity index is 1.99. The molecular weight excluding hydrogens is 268 g/mol. The molecule has 0 aliphatic rings. The molecule has 0 atom stereocenters. The number of aromatic carboxylic acids is 1. The molecule has 2 N–H and O–H groups in total. The van der Waals surface area contributed by atoms with Gasteiger partial charge in [-0.3, -0.25) is 4.98 Å². The number of carboxylic acid groups (broad SMARTS) is 1. The number of nitrogens with one attached hydrogen (secondary N) is 1. The number of anilines is 2. The molecule has 0 aliphatic carbocycles. The van der Waals surface area contributed by atoms with Crippen molar-refractivity contribution >= 4 is 28.4 Å². The van der Waals surface area contributed by atoms with Crippen molar-refractivity contribution in [2.75, 3.05) is 5.32 Å². The minimum atomic E-state index is -1.03. The lowest BCUT2D eigenvalue weighted by Crippen LogP contribution is -2.06. The number of carbonyl (C=O) groups is 1. The van der Waals surface area contributed by atoms with Crippen LogP contribution < -0.4 is 5.32 Å². The molecule has 0 amide bonds. The SMILES string of the molecule is Cc1nc(Nc2cccc3ccncc23)ncc1C(=O)O. The van der Waals surface area contributed by atoms with Crippen LogP contribution in [0.3, 0.4) is 0 Å². The van der Waals surface area contributed by atoms with Crippen LogP contribution in [0.15, 0.2) is 42.9 Å². The van der Waals surface area contributed by atoms with Crippen LogP contribution in [0.5, 0.6) is 0 Å². The van der Waals surface area contributed by atoms with Crippen molar-refractivity contribution in [1.29, 1.82) is 0 Å². The zero-order chi connectivity index (χ0) is 14.8. The molecule has 0 radical (unpaired) electrons. The van der Waals surface area contributed by atoms with Crippen molar-refractivity contribution in [3.8, 4) is 0 Å². The number of rotatable bonds is 3. The molecule has 0 spiro atoms. The molecule has 6 nitrogen and oxygen atoms in total. The first-order valence-corrected chi connectivity index (χ1v) is 6.32. The van der Waals surface area contributed by atoms with E-state index in [1.807, 2.05) is 24.3 Å². The van der Waals surface area contributed by atoms with Gasteiger partial charge in [0.15, 0.2) is 0 Å². The second-order valence-electron chi connectivity index (χ2n) is 4.53. The Morgan fingerprint density at radius 3 is 2.86 bits per heavy atom. The molecule has 2 aromatic heterocycles. The lowest BCUT2D eigenvalue weighted by atomic mass is 10.1. The van der Waals surface area contributed by atoms with Crippen molar-refractivity contribution in [2.24, 2.45) is 0 Å². The Kier molecular flexibility index (Phi) is 3.19. The Morgan fingerprint density at radius 2 is 2.10 bits per heavy atom. The van der Waals surface area contributed by atoms with Gasteiger partial charge in [-0.1, -0.05) is 12.1 Å². The Labute approximate surface area is 120 Å². The summed E-state index contributed by atoms with van der Waals surface area (Å²) in [4.78, 5) is 23.3. The average molecular weight is 280 g/mol. The number of hydrogen-bond donors (Lipinski definition) is 2. The van der Waals surface area contributed by atoms with Crippen molar-refractivity contribution in [3.05, 3.63) is 54.1 Å². The molecule has 104 valence electrons. The van der Waals surface area contributed by atoms with Crippen molar-refractivity contribution in [2.45, 2.75) is 6.92 Å². The van der Waals surface area contributed by atoms with Crippen LogP contribution in [-0.4, -0.2) is 26.0 Å². The maximum Gasteiger partial charge on any atom is 0.339 e. The van der Waals surface area contributed by atoms with Gasteiger partial charge in [-0.05, 0) is 24.4 Å². The summed E-state index contributed by atoms with van der Waals surface area (Å²) in [6.07, 6.45) is 4.79. The molecule has 1 aromatic carbocycles. The number of fused-ring (bicyclic) bond motifs is 1. The lowest BCUT2D eigenvalue weighted by Gasteiger charge is -2.09. The second-order valence-corrected chi connectivity index (χ2v) is 4.53. The van der Waals surface area contributed by atoms with E-state index in [1.54, 1.807) is 19.3 Å². The van der Waals surface area contributed by atoms with Crippen LogP contribution >= 0.6 is 0 Å². The predicted octanol–water partition coefficient (Wildman–Crippen LogP) is 2.78. The summed E-state index contributed by atoms with van der Waals surface area (Å²) in [5.74, 6) is -0.678. The van der Waals surface area contributed by atoms with Gasteiger partial charge in [-0.15, -0.1) is 0 Å². The van der Waals surface area contributed by atoms with E-state index in [-0.39, 0.29) is 5.56 Å². The van der Waals surface area contributed by atoms with Crippen molar-refractivity contribution in [1.82, 2.24) is 15.0 Å². The number of nitrogens with zero attached hydrogens (tertiary/aromatic N) is 3. The molecule has 3 rings (SSSR count). The first kappa shape index (κ1) is 13.0. The molecule has 6 heteroatoms. The number of carboxylic acids is 1. The van der Waals surface area contributed by atoms with E-state index in [4.69, 9.17) is 5.11 Å². The zero-order valence-electron chi connectivity index (χ0n) is 11.2. The molecule has 0 aliphatic heterocycles. The van der Waals surface area contributed by atoms with Crippen LogP contribution in [0.2, 0.25) is 0 Å². The second kappa shape index (κ2) is 5.16. The molecule has 0 bridgehead atoms. The fraction of sp³-hybridized carbons (Fsp3) is 0.0667. The molecule has 0 unspecified atom stereocenters. The monoisotopic (exact) mass is 280 g/mol. The fourth-order valence-corrected chi connectivity index (χ4v) is 2.08. The van der Waals surface area contributed by atoms with E-state index < -0.39 is 5.97 Å². The highest BCUT2D eigenvalue weighted by Gasteiger charge is 2.10. The molecule has 0 saturated heterocycles. The van der Waals surface area contributed by atoms with Crippen molar-refractivity contribution in [3.63, 3.8) is 0 Å². The molecule has 0 fully saturated rings. The van der Waals surface area contributed by atoms with Gasteiger partial charge < -0.3 is 10.4 Å². The van der Waals surface area contributed by atoms with Gasteiger partial charge in [-0.2, -0.15) is 0 Å². The molecule has 21 heavy (non-hydrogen) atoms. The van der Waals surface area contributed by atoms with Crippen LogP contribution in [-0.2, 0) is 0 Å². The van der Waals surface area contributed by atoms with Gasteiger partial charge in [0.25, 0.3) is 0 Å². The summed E-state index contributed by atoms with van der Waals surface area (Å²) < 4.78 is 0. The first-order valence-electron chi connectivity index (χ1n) is 6.32. The summed E-state index contributed by atoms with van der Waals surface area (Å²) in [5, 5.41) is 14.1. The summed E-state index contributed by atoms with van der Waals surface area (Å²) in [5.41, 5.74) is 1.33. The predicted molar refractivity (Wildman–Crippen MR) is 78.8 cm³/mol. The van der Waals surface area contributed by atoms with Gasteiger partial charge in [0.2, 0.25) is 5.95 Å². The number of benzene rings is 1. The maximum atomic E-state index is 11.0. The molecule has 3 aromatic rings. The van der Waals surface area contributed by atoms with Crippen LogP contribution in [0.25, 0.3) is 10.8 Å². The zero-order valence-corrected chi connectivity index (χ0v) is 11.2. The quantitative estimate of drug-likeness (QED) is 0.767. The van der Waals surface area contributed by atoms with E-state index in [2.05, 4.69) is 20.3 Å². The Bertz CT molecular complexity index is 828. The van der Waals surface area contributed by atoms with E-state index in [0.29, 0.717) is 11.6 Å². The Hall–Kier alpha value is -3.02. The number of aryl methyl sites for hydroxylation is 1. The highest BCUT2D eigenvalue weighted by molar-refractivity contribution is 5.94. The normalized spacial score (nSPS) is 10.5. The molecule has 0 saturated carbocycles. The average Bonchev–Trinajstić information content (AvgIpc) is 2.47. The third-order valence-electron chi connectivity index (χ3n) is 3.14. The van der Waals surface area contributed by atoms with Gasteiger partial charge in [-0.25, -0.2) is 14.8 Å². The molecular formula is C15H12N4O2. The molecule has 2 heterocycles. The van der Waals surface area contributed by atoms with Gasteiger partial charge in [0.1, 0.15) is 0 Å². The summed E-state index contributed by atoms with van der Waals surface area (Å²) >= 11 is 0. The van der Waals surface area contributed by atoms with Gasteiger partial charge in [0, 0.05) is 24.0 Å². The van der Waals surface area contributed by atoms with Crippen LogP contribution in [0, 0.1) is 6.92 Å². The third-order valence-corrected chi connectivity index (χ3v) is 3.14. The standard InChI is InChI=1S/C15H12N4O2/c1-9-11(14(20)21)8-17-15(18-9)19-13-4-2-3-10-5-6-16-7-12(10)13/h2-8H,1H3,(H,20,21)(H,17,18,19). The highest BCUT2D eigenvalue weighted by Crippen LogP contribution is 2.24. The third kappa shape index (κ3) is 2.51. The smallest absolute Gasteiger partial charge is 0.339 e. The Morgan fingerprint density at radius 1 is 1.24 bits per heavy atom. The minimum absolute atomic E-state index is 0.0973. The summed E-state index contributed by atoms with van der Waals surface area (Å²) in [6.45, 7) is 1.64. The summed E-state index contributed by atoms with van der Waals surface area (Å²) in [7, 11) is 0. The van der Waals surface area contributed by atoms with E-state index in [9.17, 15) is 4.79 Å². The first-order chi connectivity index (χ1) is 10.1. The van der Waals surface area contributed by atoms with Crippen LogP contribution in [0.4, 0.5) is 11.6 Å². The number of hydrogen-bond acceptors (Lipinski definition) is 5. The van der Waals surface area contributed by atoms with Gasteiger partial charge in [0.05, 0.1) is 16.9 Å². The van der Waals surface area contributed by atoms with E-state index in [1.165, 1.54) is 6.20 Å². The minimum Gasteiger partial charge on any atom is -0.478 e. The maximum absolute atomic E-state index is 11.0. The lowest BCUT2D eigenvalue weighted by molar-refractivity contribution is 0.0695. The van der Waals surface area contributed by atoms with Gasteiger partial charge >= 0.3 is 5.97 Å². The van der Waals surface area contributed by atoms with Crippen LogP contribution in [0.1, 0.15) is 16.1 Å². The fourth-order valence-electron chi connectivity index (χ4n) is 2.08. The topological polar surface area (TPSA) is 88.0 Å². The van der Waals surface area contributed by atoms with Crippen molar-refractivity contribution < 1.29 is 9.90 Å². The van der Waals surface area contributed by atoms with E-state index >= 15 is 0 Å².